The number of rotatable bonds is 8. The number of hydrogen-bond donors (Lipinski definition) is 3. The summed E-state index contributed by atoms with van der Waals surface area (Å²) >= 11 is 0. The van der Waals surface area contributed by atoms with Gasteiger partial charge in [-0.05, 0) is 60.5 Å². The average molecular weight is 614 g/mol. The number of halogens is 3. The van der Waals surface area contributed by atoms with E-state index in [1.807, 2.05) is 31.1 Å². The molecule has 0 atom stereocenters. The lowest BCUT2D eigenvalue weighted by molar-refractivity contribution is -0.140. The van der Waals surface area contributed by atoms with Crippen molar-refractivity contribution in [1.29, 1.82) is 0 Å². The third-order valence-corrected chi connectivity index (χ3v) is 7.47. The molecule has 0 radical (unpaired) electrons. The maximum atomic E-state index is 13.5. The molecule has 13 heteroatoms. The molecule has 1 heterocycles. The number of benzene rings is 3. The lowest BCUT2D eigenvalue weighted by atomic mass is 10.2. The molecular formula is C30H30F3N5O4S. The molecule has 3 aromatic carbocycles. The molecule has 0 saturated carbocycles. The minimum absolute atomic E-state index is 0.0300. The fraction of sp³-hybridized carbons (Fsp3) is 0.233. The highest BCUT2D eigenvalue weighted by atomic mass is 32.2. The van der Waals surface area contributed by atoms with E-state index in [0.717, 1.165) is 16.5 Å². The van der Waals surface area contributed by atoms with Gasteiger partial charge in [0.05, 0.1) is 41.1 Å². The first-order chi connectivity index (χ1) is 20.2. The number of sulfone groups is 1. The van der Waals surface area contributed by atoms with E-state index < -0.39 is 28.6 Å². The molecule has 226 valence electrons. The van der Waals surface area contributed by atoms with Crippen LogP contribution in [0.25, 0.3) is 10.9 Å². The topological polar surface area (TPSA) is 105 Å². The third-order valence-electron chi connectivity index (χ3n) is 6.36. The van der Waals surface area contributed by atoms with Crippen LogP contribution in [0.4, 0.5) is 40.7 Å². The molecule has 4 aromatic rings. The second-order valence-corrected chi connectivity index (χ2v) is 11.8. The van der Waals surface area contributed by atoms with Crippen LogP contribution in [0.3, 0.4) is 0 Å². The highest BCUT2D eigenvalue weighted by Gasteiger charge is 2.30. The fourth-order valence-electron chi connectivity index (χ4n) is 4.30. The molecule has 0 unspecified atom stereocenters. The molecule has 9 nitrogen and oxygen atoms in total. The van der Waals surface area contributed by atoms with Crippen LogP contribution < -0.4 is 25.6 Å². The lowest BCUT2D eigenvalue weighted by Crippen LogP contribution is -2.20. The van der Waals surface area contributed by atoms with Gasteiger partial charge in [-0.1, -0.05) is 12.0 Å². The molecular weight excluding hydrogens is 583 g/mol. The van der Waals surface area contributed by atoms with Crippen LogP contribution in [-0.4, -0.2) is 59.2 Å². The summed E-state index contributed by atoms with van der Waals surface area (Å²) in [4.78, 5) is 14.7. The van der Waals surface area contributed by atoms with Crippen molar-refractivity contribution in [2.45, 2.75) is 17.6 Å². The number of aromatic nitrogens is 1. The van der Waals surface area contributed by atoms with Crippen molar-refractivity contribution in [3.8, 4) is 17.6 Å². The van der Waals surface area contributed by atoms with Gasteiger partial charge in [0.1, 0.15) is 12.3 Å². The number of nitrogens with one attached hydrogen (secondary N) is 3. The second kappa shape index (κ2) is 12.6. The predicted molar refractivity (Wildman–Crippen MR) is 163 cm³/mol. The molecule has 43 heavy (non-hydrogen) atoms. The minimum Gasteiger partial charge on any atom is -0.495 e. The number of ether oxygens (including phenoxy) is 1. The molecule has 3 N–H and O–H groups in total. The van der Waals surface area contributed by atoms with Gasteiger partial charge < -0.3 is 30.2 Å². The number of hydrogen-bond acceptors (Lipinski definition) is 6. The Labute approximate surface area is 247 Å². The Balaban J connectivity index is 1.57. The second-order valence-electron chi connectivity index (χ2n) is 9.78. The van der Waals surface area contributed by atoms with Gasteiger partial charge in [0.25, 0.3) is 0 Å². The van der Waals surface area contributed by atoms with E-state index >= 15 is 0 Å². The average Bonchev–Trinajstić information content (AvgIpc) is 3.27. The number of alkyl halides is 3. The van der Waals surface area contributed by atoms with Crippen molar-refractivity contribution in [3.63, 3.8) is 0 Å². The Hall–Kier alpha value is -4.83. The van der Waals surface area contributed by atoms with Gasteiger partial charge in [0.2, 0.25) is 0 Å². The zero-order valence-electron chi connectivity index (χ0n) is 23.8. The van der Waals surface area contributed by atoms with Crippen LogP contribution in [0.5, 0.6) is 5.75 Å². The van der Waals surface area contributed by atoms with Crippen LogP contribution in [0, 0.1) is 11.8 Å². The van der Waals surface area contributed by atoms with Crippen molar-refractivity contribution < 1.29 is 31.1 Å². The van der Waals surface area contributed by atoms with E-state index in [9.17, 15) is 26.4 Å². The Morgan fingerprint density at radius 1 is 1.00 bits per heavy atom. The van der Waals surface area contributed by atoms with Gasteiger partial charge in [-0.2, -0.15) is 13.2 Å². The summed E-state index contributed by atoms with van der Waals surface area (Å²) in [6.07, 6.45) is -3.44. The van der Waals surface area contributed by atoms with E-state index in [2.05, 4.69) is 27.8 Å². The number of methoxy groups -OCH3 is 1. The Bertz CT molecular complexity index is 1810. The molecule has 4 rings (SSSR count). The van der Waals surface area contributed by atoms with E-state index in [1.54, 1.807) is 24.3 Å². The molecule has 0 bridgehead atoms. The van der Waals surface area contributed by atoms with Crippen LogP contribution in [0.1, 0.15) is 5.69 Å². The number of fused-ring (bicyclic) bond motifs is 1. The van der Waals surface area contributed by atoms with Gasteiger partial charge in [-0.3, -0.25) is 0 Å². The van der Waals surface area contributed by atoms with Crippen LogP contribution in [0.2, 0.25) is 0 Å². The number of nitrogens with zero attached hydrogens (tertiary/aromatic N) is 2. The van der Waals surface area contributed by atoms with Crippen molar-refractivity contribution >= 4 is 49.5 Å². The number of amides is 2. The molecule has 0 saturated heterocycles. The lowest BCUT2D eigenvalue weighted by Gasteiger charge is -2.14. The maximum Gasteiger partial charge on any atom is 0.406 e. The monoisotopic (exact) mass is 613 g/mol. The van der Waals surface area contributed by atoms with Gasteiger partial charge in [0, 0.05) is 43.2 Å². The zero-order valence-corrected chi connectivity index (χ0v) is 24.7. The third kappa shape index (κ3) is 7.92. The summed E-state index contributed by atoms with van der Waals surface area (Å²) in [5.74, 6) is 5.87. The smallest absolute Gasteiger partial charge is 0.406 e. The number of carbonyl (C=O) groups excluding carboxylic acids is 1. The minimum atomic E-state index is -4.52. The summed E-state index contributed by atoms with van der Waals surface area (Å²) < 4.78 is 70.6. The van der Waals surface area contributed by atoms with Crippen molar-refractivity contribution in [3.05, 3.63) is 72.4 Å². The molecule has 1 aromatic heterocycles. The summed E-state index contributed by atoms with van der Waals surface area (Å²) in [5.41, 5.74) is 2.64. The number of urea groups is 1. The number of carbonyl (C=O) groups is 1. The molecule has 0 fully saturated rings. The maximum absolute atomic E-state index is 13.5. The summed E-state index contributed by atoms with van der Waals surface area (Å²) in [6.45, 7) is -1.25. The molecule has 2 amide bonds. The van der Waals surface area contributed by atoms with Gasteiger partial charge in [-0.15, -0.1) is 0 Å². The predicted octanol–water partition coefficient (Wildman–Crippen LogP) is 5.79. The van der Waals surface area contributed by atoms with Crippen molar-refractivity contribution in [2.75, 3.05) is 54.9 Å². The standard InChI is InChI=1S/C30H30F3N5O4S/c1-37(2)21-12-10-20(11-13-21)35-29(39)36-25-8-5-9-27-24(25)17-22(38(27)19-30(31,32)33)7-6-16-34-26-15-14-23(43(4,40)41)18-28(26)42-3/h5,8-15,17-18,34H,16,19H2,1-4H3,(H2,35,36,39). The van der Waals surface area contributed by atoms with Crippen molar-refractivity contribution in [1.82, 2.24) is 4.57 Å². The van der Waals surface area contributed by atoms with Gasteiger partial charge in [-0.25, -0.2) is 13.2 Å². The fourth-order valence-corrected chi connectivity index (χ4v) is 4.93. The Kier molecular flexibility index (Phi) is 9.10. The molecule has 0 aliphatic carbocycles. The first-order valence-electron chi connectivity index (χ1n) is 12.9. The van der Waals surface area contributed by atoms with Gasteiger partial charge >= 0.3 is 12.2 Å². The summed E-state index contributed by atoms with van der Waals surface area (Å²) in [6, 6.07) is 17.1. The van der Waals surface area contributed by atoms with E-state index in [0.29, 0.717) is 22.4 Å². The van der Waals surface area contributed by atoms with Crippen LogP contribution in [-0.2, 0) is 16.4 Å². The van der Waals surface area contributed by atoms with Crippen LogP contribution in [0.15, 0.2) is 71.6 Å². The molecule has 0 spiro atoms. The van der Waals surface area contributed by atoms with Crippen molar-refractivity contribution in [2.24, 2.45) is 0 Å². The first-order valence-corrected chi connectivity index (χ1v) is 14.8. The van der Waals surface area contributed by atoms with E-state index in [1.165, 1.54) is 37.4 Å². The highest BCUT2D eigenvalue weighted by molar-refractivity contribution is 7.90. The highest BCUT2D eigenvalue weighted by Crippen LogP contribution is 2.31. The molecule has 0 aliphatic rings. The zero-order chi connectivity index (χ0) is 31.4. The SMILES string of the molecule is COc1cc(S(C)(=O)=O)ccc1NCC#Cc1cc2c(NC(=O)Nc3ccc(N(C)C)cc3)cccc2n1CC(F)(F)F. The largest absolute Gasteiger partial charge is 0.495 e. The quantitative estimate of drug-likeness (QED) is 0.218. The van der Waals surface area contributed by atoms with E-state index in [4.69, 9.17) is 4.74 Å². The van der Waals surface area contributed by atoms with Crippen LogP contribution >= 0.6 is 0 Å². The number of anilines is 4. The molecule has 0 aliphatic heterocycles. The van der Waals surface area contributed by atoms with E-state index in [-0.39, 0.29) is 28.4 Å². The Morgan fingerprint density at radius 3 is 2.35 bits per heavy atom. The summed E-state index contributed by atoms with van der Waals surface area (Å²) in [5, 5.41) is 8.82. The summed E-state index contributed by atoms with van der Waals surface area (Å²) in [7, 11) is 1.74. The Morgan fingerprint density at radius 2 is 1.72 bits per heavy atom. The normalized spacial score (nSPS) is 11.4. The first kappa shape index (κ1) is 31.1. The van der Waals surface area contributed by atoms with Gasteiger partial charge in [0.15, 0.2) is 9.84 Å².